The molecule has 1 aromatic heterocycles. The molecule has 0 saturated heterocycles. The molecule has 2 N–H and O–H groups in total. The minimum atomic E-state index is -0.515. The molecular weight excluding hydrogens is 300 g/mol. The van der Waals surface area contributed by atoms with Crippen LogP contribution in [0.1, 0.15) is 15.2 Å². The SMILES string of the molecule is CNc1ccccc1C(=O)OCC(=O)NCCc1cccs1. The van der Waals surface area contributed by atoms with Gasteiger partial charge in [-0.05, 0) is 30.0 Å². The highest BCUT2D eigenvalue weighted by Crippen LogP contribution is 2.15. The molecular formula is C16H18N2O3S. The van der Waals surface area contributed by atoms with Gasteiger partial charge in [0.1, 0.15) is 0 Å². The summed E-state index contributed by atoms with van der Waals surface area (Å²) in [5, 5.41) is 7.64. The molecule has 0 aliphatic rings. The van der Waals surface area contributed by atoms with E-state index in [2.05, 4.69) is 10.6 Å². The molecule has 2 rings (SSSR count). The van der Waals surface area contributed by atoms with Crippen molar-refractivity contribution in [1.82, 2.24) is 5.32 Å². The maximum absolute atomic E-state index is 11.9. The van der Waals surface area contributed by atoms with Gasteiger partial charge in [0.25, 0.3) is 5.91 Å². The third-order valence-electron chi connectivity index (χ3n) is 3.02. The van der Waals surface area contributed by atoms with Gasteiger partial charge in [-0.1, -0.05) is 18.2 Å². The minimum absolute atomic E-state index is 0.276. The molecule has 0 saturated carbocycles. The van der Waals surface area contributed by atoms with Gasteiger partial charge in [-0.3, -0.25) is 4.79 Å². The van der Waals surface area contributed by atoms with Gasteiger partial charge < -0.3 is 15.4 Å². The van der Waals surface area contributed by atoms with Crippen molar-refractivity contribution in [3.63, 3.8) is 0 Å². The van der Waals surface area contributed by atoms with Gasteiger partial charge in [0.15, 0.2) is 6.61 Å². The summed E-state index contributed by atoms with van der Waals surface area (Å²) in [6.07, 6.45) is 0.778. The average molecular weight is 318 g/mol. The predicted molar refractivity (Wildman–Crippen MR) is 87.3 cm³/mol. The number of carbonyl (C=O) groups is 2. The highest BCUT2D eigenvalue weighted by Gasteiger charge is 2.13. The van der Waals surface area contributed by atoms with Crippen LogP contribution in [-0.2, 0) is 16.0 Å². The van der Waals surface area contributed by atoms with Gasteiger partial charge in [-0.15, -0.1) is 11.3 Å². The number of carbonyl (C=O) groups excluding carboxylic acids is 2. The molecule has 5 nitrogen and oxygen atoms in total. The second kappa shape index (κ2) is 8.19. The van der Waals surface area contributed by atoms with Crippen molar-refractivity contribution in [2.45, 2.75) is 6.42 Å². The van der Waals surface area contributed by atoms with E-state index in [1.165, 1.54) is 4.88 Å². The van der Waals surface area contributed by atoms with E-state index < -0.39 is 5.97 Å². The predicted octanol–water partition coefficient (Wildman–Crippen LogP) is 2.31. The number of hydrogen-bond acceptors (Lipinski definition) is 5. The van der Waals surface area contributed by atoms with Crippen LogP contribution in [0.3, 0.4) is 0 Å². The highest BCUT2D eigenvalue weighted by atomic mass is 32.1. The Labute approximate surface area is 133 Å². The van der Waals surface area contributed by atoms with E-state index in [-0.39, 0.29) is 12.5 Å². The van der Waals surface area contributed by atoms with Crippen molar-refractivity contribution in [2.75, 3.05) is 25.5 Å². The number of esters is 1. The van der Waals surface area contributed by atoms with Gasteiger partial charge in [0, 0.05) is 24.2 Å². The quantitative estimate of drug-likeness (QED) is 0.769. The molecule has 0 bridgehead atoms. The largest absolute Gasteiger partial charge is 0.452 e. The van der Waals surface area contributed by atoms with Crippen LogP contribution in [0.2, 0.25) is 0 Å². The van der Waals surface area contributed by atoms with E-state index in [9.17, 15) is 9.59 Å². The number of thiophene rings is 1. The highest BCUT2D eigenvalue weighted by molar-refractivity contribution is 7.09. The lowest BCUT2D eigenvalue weighted by atomic mass is 10.2. The van der Waals surface area contributed by atoms with E-state index in [0.717, 1.165) is 6.42 Å². The Morgan fingerprint density at radius 3 is 2.73 bits per heavy atom. The summed E-state index contributed by atoms with van der Waals surface area (Å²) in [6.45, 7) is 0.255. The number of amides is 1. The van der Waals surface area contributed by atoms with Gasteiger partial charge >= 0.3 is 5.97 Å². The van der Waals surface area contributed by atoms with Crippen molar-refractivity contribution in [2.24, 2.45) is 0 Å². The number of para-hydroxylation sites is 1. The normalized spacial score (nSPS) is 10.0. The number of anilines is 1. The summed E-state index contributed by atoms with van der Waals surface area (Å²) in [5.74, 6) is -0.815. The number of hydrogen-bond donors (Lipinski definition) is 2. The molecule has 0 radical (unpaired) electrons. The molecule has 22 heavy (non-hydrogen) atoms. The molecule has 116 valence electrons. The number of rotatable bonds is 7. The molecule has 0 unspecified atom stereocenters. The molecule has 1 aromatic carbocycles. The summed E-state index contributed by atoms with van der Waals surface area (Å²) in [6, 6.07) is 11.0. The molecule has 0 atom stereocenters. The van der Waals surface area contributed by atoms with Gasteiger partial charge in [0.2, 0.25) is 0 Å². The zero-order chi connectivity index (χ0) is 15.8. The molecule has 1 heterocycles. The Kier molecular flexibility index (Phi) is 5.97. The Morgan fingerprint density at radius 2 is 2.00 bits per heavy atom. The molecule has 0 aliphatic carbocycles. The Morgan fingerprint density at radius 1 is 1.18 bits per heavy atom. The Bertz CT molecular complexity index is 626. The van der Waals surface area contributed by atoms with Crippen molar-refractivity contribution in [1.29, 1.82) is 0 Å². The van der Waals surface area contributed by atoms with Crippen LogP contribution in [0.25, 0.3) is 0 Å². The fourth-order valence-corrected chi connectivity index (χ4v) is 2.63. The van der Waals surface area contributed by atoms with E-state index in [0.29, 0.717) is 17.8 Å². The second-order valence-corrected chi connectivity index (χ2v) is 5.58. The molecule has 0 fully saturated rings. The Balaban J connectivity index is 1.74. The lowest BCUT2D eigenvalue weighted by Gasteiger charge is -2.09. The summed E-state index contributed by atoms with van der Waals surface area (Å²) >= 11 is 1.65. The molecule has 1 amide bonds. The topological polar surface area (TPSA) is 67.4 Å². The number of nitrogens with one attached hydrogen (secondary N) is 2. The number of ether oxygens (including phenoxy) is 1. The third-order valence-corrected chi connectivity index (χ3v) is 3.96. The molecule has 0 aliphatic heterocycles. The van der Waals surface area contributed by atoms with Crippen LogP contribution in [0, 0.1) is 0 Å². The van der Waals surface area contributed by atoms with Gasteiger partial charge in [0.05, 0.1) is 5.56 Å². The fourth-order valence-electron chi connectivity index (χ4n) is 1.92. The minimum Gasteiger partial charge on any atom is -0.452 e. The maximum Gasteiger partial charge on any atom is 0.340 e. The third kappa shape index (κ3) is 4.60. The summed E-state index contributed by atoms with van der Waals surface area (Å²) in [5.41, 5.74) is 1.09. The van der Waals surface area contributed by atoms with Crippen LogP contribution in [0.5, 0.6) is 0 Å². The summed E-state index contributed by atoms with van der Waals surface area (Å²) in [7, 11) is 1.73. The molecule has 0 spiro atoms. The van der Waals surface area contributed by atoms with Crippen LogP contribution in [0.15, 0.2) is 41.8 Å². The van der Waals surface area contributed by atoms with Gasteiger partial charge in [-0.25, -0.2) is 4.79 Å². The van der Waals surface area contributed by atoms with Crippen LogP contribution >= 0.6 is 11.3 Å². The first-order valence-corrected chi connectivity index (χ1v) is 7.81. The lowest BCUT2D eigenvalue weighted by Crippen LogP contribution is -2.30. The monoisotopic (exact) mass is 318 g/mol. The molecule has 6 heteroatoms. The van der Waals surface area contributed by atoms with E-state index in [1.807, 2.05) is 23.6 Å². The van der Waals surface area contributed by atoms with Crippen molar-refractivity contribution >= 4 is 28.9 Å². The van der Waals surface area contributed by atoms with Gasteiger partial charge in [-0.2, -0.15) is 0 Å². The number of benzene rings is 1. The van der Waals surface area contributed by atoms with Crippen molar-refractivity contribution < 1.29 is 14.3 Å². The van der Waals surface area contributed by atoms with E-state index in [4.69, 9.17) is 4.74 Å². The zero-order valence-corrected chi connectivity index (χ0v) is 13.1. The van der Waals surface area contributed by atoms with Crippen LogP contribution in [0.4, 0.5) is 5.69 Å². The van der Waals surface area contributed by atoms with Crippen LogP contribution in [-0.4, -0.2) is 32.1 Å². The lowest BCUT2D eigenvalue weighted by molar-refractivity contribution is -0.124. The smallest absolute Gasteiger partial charge is 0.340 e. The average Bonchev–Trinajstić information content (AvgIpc) is 3.06. The maximum atomic E-state index is 11.9. The summed E-state index contributed by atoms with van der Waals surface area (Å²) in [4.78, 5) is 24.8. The zero-order valence-electron chi connectivity index (χ0n) is 12.3. The van der Waals surface area contributed by atoms with Crippen molar-refractivity contribution in [3.05, 3.63) is 52.2 Å². The standard InChI is InChI=1S/C16H18N2O3S/c1-17-14-7-3-2-6-13(14)16(20)21-11-15(19)18-9-8-12-5-4-10-22-12/h2-7,10,17H,8-9,11H2,1H3,(H,18,19). The summed E-state index contributed by atoms with van der Waals surface area (Å²) < 4.78 is 5.03. The first-order valence-electron chi connectivity index (χ1n) is 6.93. The first-order chi connectivity index (χ1) is 10.7. The fraction of sp³-hybridized carbons (Fsp3) is 0.250. The van der Waals surface area contributed by atoms with E-state index >= 15 is 0 Å². The van der Waals surface area contributed by atoms with Crippen molar-refractivity contribution in [3.8, 4) is 0 Å². The van der Waals surface area contributed by atoms with E-state index in [1.54, 1.807) is 36.6 Å². The van der Waals surface area contributed by atoms with Crippen LogP contribution < -0.4 is 10.6 Å². The molecule has 2 aromatic rings. The second-order valence-electron chi connectivity index (χ2n) is 4.55. The Hall–Kier alpha value is -2.34. The first kappa shape index (κ1) is 16.0.